The number of hydrogen-bond acceptors (Lipinski definition) is 14. The minimum atomic E-state index is -0.724. The van der Waals surface area contributed by atoms with Gasteiger partial charge in [-0.1, -0.05) is 44.3 Å². The van der Waals surface area contributed by atoms with Crippen molar-refractivity contribution in [2.24, 2.45) is 10.7 Å². The summed E-state index contributed by atoms with van der Waals surface area (Å²) in [5.74, 6) is -0.966. The zero-order valence-electron chi connectivity index (χ0n) is 36.4. The summed E-state index contributed by atoms with van der Waals surface area (Å²) in [6.45, 7) is 12.6. The highest BCUT2D eigenvalue weighted by Gasteiger charge is 2.24. The number of oxazole rings is 2. The Kier molecular flexibility index (Phi) is 14.4. The number of Topliss-reactive ketones (excluding diaryl/α,β-unsaturated/α-hetero) is 1. The highest BCUT2D eigenvalue weighted by molar-refractivity contribution is 7.16. The number of ether oxygens (including phenoxy) is 3. The van der Waals surface area contributed by atoms with Gasteiger partial charge in [-0.3, -0.25) is 29.3 Å². The lowest BCUT2D eigenvalue weighted by molar-refractivity contribution is -0.148. The van der Waals surface area contributed by atoms with Crippen LogP contribution >= 0.6 is 11.3 Å². The first kappa shape index (κ1) is 45.6. The van der Waals surface area contributed by atoms with Crippen LogP contribution in [-0.2, 0) is 35.5 Å². The molecule has 0 fully saturated rings. The van der Waals surface area contributed by atoms with E-state index in [0.717, 1.165) is 0 Å². The first-order valence-corrected chi connectivity index (χ1v) is 21.3. The van der Waals surface area contributed by atoms with Crippen LogP contribution in [0.1, 0.15) is 119 Å². The van der Waals surface area contributed by atoms with Crippen LogP contribution in [0.5, 0.6) is 11.5 Å². The van der Waals surface area contributed by atoms with Gasteiger partial charge in [0.25, 0.3) is 5.91 Å². The molecule has 332 valence electrons. The van der Waals surface area contributed by atoms with Crippen molar-refractivity contribution >= 4 is 68.0 Å². The van der Waals surface area contributed by atoms with Crippen molar-refractivity contribution < 1.29 is 47.0 Å². The average Bonchev–Trinajstić information content (AvgIpc) is 4.02. The first-order valence-electron chi connectivity index (χ1n) is 20.5. The van der Waals surface area contributed by atoms with E-state index in [-0.39, 0.29) is 72.8 Å². The number of nitrogens with two attached hydrogens (primary N) is 1. The lowest BCUT2D eigenvalue weighted by Gasteiger charge is -2.13. The van der Waals surface area contributed by atoms with Crippen molar-refractivity contribution in [1.29, 1.82) is 0 Å². The maximum absolute atomic E-state index is 13.7. The number of allylic oxidation sites excluding steroid dienone is 2. The number of carbonyl (C=O) groups excluding carboxylic acids is 5. The van der Waals surface area contributed by atoms with E-state index in [2.05, 4.69) is 20.3 Å². The first-order chi connectivity index (χ1) is 30.1. The van der Waals surface area contributed by atoms with Gasteiger partial charge in [-0.15, -0.1) is 0 Å². The number of primary amides is 1. The lowest BCUT2D eigenvalue weighted by atomic mass is 10.1. The van der Waals surface area contributed by atoms with E-state index in [9.17, 15) is 24.0 Å². The number of hydrogen-bond donors (Lipinski definition) is 2. The summed E-state index contributed by atoms with van der Waals surface area (Å²) in [6.07, 6.45) is 5.45. The van der Waals surface area contributed by atoms with E-state index in [0.29, 0.717) is 86.2 Å². The molecule has 0 radical (unpaired) electrons. The fourth-order valence-corrected chi connectivity index (χ4v) is 7.82. The maximum Gasteiger partial charge on any atom is 0.317 e. The zero-order chi connectivity index (χ0) is 45.5. The van der Waals surface area contributed by atoms with E-state index >= 15 is 0 Å². The highest BCUT2D eigenvalue weighted by Crippen LogP contribution is 2.33. The van der Waals surface area contributed by atoms with Gasteiger partial charge >= 0.3 is 11.9 Å². The molecule has 0 unspecified atom stereocenters. The summed E-state index contributed by atoms with van der Waals surface area (Å²) in [6, 6.07) is 6.36. The number of rotatable bonds is 19. The molecule has 6 rings (SSSR count). The summed E-state index contributed by atoms with van der Waals surface area (Å²) in [7, 11) is 1.49. The molecular formula is C44H50N8O10S. The number of amides is 3. The second-order valence-corrected chi connectivity index (χ2v) is 15.6. The van der Waals surface area contributed by atoms with Crippen LogP contribution in [0.2, 0.25) is 0 Å². The number of imidazole rings is 1. The summed E-state index contributed by atoms with van der Waals surface area (Å²) in [5, 5.41) is 2.85. The highest BCUT2D eigenvalue weighted by atomic mass is 32.1. The molecule has 0 aliphatic heterocycles. The van der Waals surface area contributed by atoms with Gasteiger partial charge in [-0.05, 0) is 63.8 Å². The Morgan fingerprint density at radius 3 is 2.17 bits per heavy atom. The zero-order valence-corrected chi connectivity index (χ0v) is 37.3. The Labute approximate surface area is 366 Å². The molecule has 1 atom stereocenters. The van der Waals surface area contributed by atoms with Gasteiger partial charge in [0, 0.05) is 44.5 Å². The van der Waals surface area contributed by atoms with E-state index in [1.165, 1.54) is 37.5 Å². The van der Waals surface area contributed by atoms with Gasteiger partial charge < -0.3 is 37.9 Å². The summed E-state index contributed by atoms with van der Waals surface area (Å²) in [4.78, 5) is 82.8. The van der Waals surface area contributed by atoms with E-state index in [1.54, 1.807) is 35.1 Å². The third kappa shape index (κ3) is 10.3. The Morgan fingerprint density at radius 2 is 1.54 bits per heavy atom. The molecular weight excluding hydrogens is 833 g/mol. The number of ketones is 1. The number of fused-ring (bicyclic) bond motifs is 2. The fourth-order valence-electron chi connectivity index (χ4n) is 6.73. The molecule has 0 saturated heterocycles. The molecule has 0 saturated carbocycles. The maximum atomic E-state index is 13.7. The molecule has 0 bridgehead atoms. The number of nitrogens with zero attached hydrogens (tertiary/aromatic N) is 6. The van der Waals surface area contributed by atoms with E-state index in [1.807, 2.05) is 39.8 Å². The molecule has 4 aromatic heterocycles. The molecule has 18 nitrogen and oxygen atoms in total. The van der Waals surface area contributed by atoms with Crippen LogP contribution in [0.15, 0.2) is 50.2 Å². The summed E-state index contributed by atoms with van der Waals surface area (Å²) in [5.41, 5.74) is 8.55. The summed E-state index contributed by atoms with van der Waals surface area (Å²) < 4.78 is 32.8. The number of benzene rings is 2. The Bertz CT molecular complexity index is 2820. The molecule has 2 aromatic carbocycles. The van der Waals surface area contributed by atoms with Crippen molar-refractivity contribution in [3.63, 3.8) is 0 Å². The molecule has 0 aliphatic carbocycles. The van der Waals surface area contributed by atoms with Crippen LogP contribution < -0.4 is 25.3 Å². The molecule has 6 aromatic rings. The predicted molar refractivity (Wildman–Crippen MR) is 233 cm³/mol. The molecule has 0 aliphatic rings. The third-order valence-electron chi connectivity index (χ3n) is 9.99. The number of methoxy groups -OCH3 is 1. The second kappa shape index (κ2) is 19.9. The number of nitrogens with one attached hydrogen (secondary N) is 1. The number of carbonyl (C=O) groups is 5. The van der Waals surface area contributed by atoms with E-state index < -0.39 is 17.7 Å². The van der Waals surface area contributed by atoms with Crippen LogP contribution in [0.4, 0.5) is 5.95 Å². The normalized spacial score (nSPS) is 12.3. The average molecular weight is 883 g/mol. The molecule has 19 heteroatoms. The van der Waals surface area contributed by atoms with Crippen molar-refractivity contribution in [2.45, 2.75) is 99.8 Å². The molecule has 63 heavy (non-hydrogen) atoms. The van der Waals surface area contributed by atoms with Gasteiger partial charge in [0.05, 0.1) is 41.4 Å². The van der Waals surface area contributed by atoms with Crippen LogP contribution in [0, 0.1) is 13.8 Å². The van der Waals surface area contributed by atoms with Crippen molar-refractivity contribution in [3.8, 4) is 11.5 Å². The van der Waals surface area contributed by atoms with Crippen LogP contribution in [0.3, 0.4) is 0 Å². The number of aryl methyl sites for hydroxylation is 4. The number of aromatic nitrogens is 5. The lowest BCUT2D eigenvalue weighted by Crippen LogP contribution is -2.18. The second-order valence-electron chi connectivity index (χ2n) is 14.6. The molecule has 3 amide bonds. The minimum Gasteiger partial charge on any atom is -0.494 e. The van der Waals surface area contributed by atoms with Crippen LogP contribution in [-0.4, -0.2) is 73.4 Å². The minimum absolute atomic E-state index is 0.0303. The number of esters is 1. The topological polar surface area (TPSA) is 238 Å². The van der Waals surface area contributed by atoms with Crippen molar-refractivity contribution in [3.05, 3.63) is 87.0 Å². The third-order valence-corrected chi connectivity index (χ3v) is 11.0. The van der Waals surface area contributed by atoms with E-state index in [4.69, 9.17) is 33.8 Å². The van der Waals surface area contributed by atoms with Crippen molar-refractivity contribution in [1.82, 2.24) is 24.1 Å². The van der Waals surface area contributed by atoms with Gasteiger partial charge in [-0.2, -0.15) is 4.99 Å². The predicted octanol–water partition coefficient (Wildman–Crippen LogP) is 6.83. The van der Waals surface area contributed by atoms with Gasteiger partial charge in [0.15, 0.2) is 22.4 Å². The fraction of sp³-hybridized carbons (Fsp3) is 0.386. The standard InChI is InChI=1S/C44H50N8O10S/c1-9-23(4)60-35(54)15-14-18-59-33-21-28(40(45)55)19-31-36(33)51(43(48-31)49-41(56)38-29(10-2)46-25(6)61-38)16-12-13-17-52-37-32(58-8)20-27(24(5)53)22-34(37)63-44(52)50-42(57)39-30(11-3)47-26(7)62-39/h12-13,19-23H,9-11,14-18H2,1-8H3,(H2,45,55)(H,48,49,56)/b13-12+,50-44?/t23-/m0/s1. The van der Waals surface area contributed by atoms with Gasteiger partial charge in [-0.25, -0.2) is 15.0 Å². The Balaban J connectivity index is 1.41. The SMILES string of the molecule is CCc1nc(C)oc1C(=O)N=c1sc2cc(C(C)=O)cc(OC)c2n1C/C=C/Cn1c(NC(=O)c2oc(C)nc2CC)nc2cc(C(N)=O)cc(OCCCC(=O)O[C@@H](C)CC)c21. The number of anilines is 1. The Hall–Kier alpha value is -6.89. The monoisotopic (exact) mass is 882 g/mol. The van der Waals surface area contributed by atoms with Gasteiger partial charge in [0.2, 0.25) is 23.4 Å². The molecule has 3 N–H and O–H groups in total. The van der Waals surface area contributed by atoms with Crippen molar-refractivity contribution in [2.75, 3.05) is 19.0 Å². The largest absolute Gasteiger partial charge is 0.494 e. The molecule has 4 heterocycles. The quantitative estimate of drug-likeness (QED) is 0.0368. The number of thiazole rings is 1. The Morgan fingerprint density at radius 1 is 0.889 bits per heavy atom. The molecule has 0 spiro atoms. The smallest absolute Gasteiger partial charge is 0.317 e. The van der Waals surface area contributed by atoms with Crippen LogP contribution in [0.25, 0.3) is 21.3 Å². The summed E-state index contributed by atoms with van der Waals surface area (Å²) >= 11 is 1.21. The van der Waals surface area contributed by atoms with Gasteiger partial charge in [0.1, 0.15) is 22.5 Å².